The quantitative estimate of drug-likeness (QED) is 0.167. The lowest BCUT2D eigenvalue weighted by molar-refractivity contribution is -0.189. The van der Waals surface area contributed by atoms with E-state index in [1.807, 2.05) is 0 Å². The minimum absolute atomic E-state index is 0.341. The molecule has 184 valence electrons. The van der Waals surface area contributed by atoms with Crippen LogP contribution in [0.3, 0.4) is 0 Å². The summed E-state index contributed by atoms with van der Waals surface area (Å²) in [6, 6.07) is 0. The maximum absolute atomic E-state index is 12.5. The molecule has 13 nitrogen and oxygen atoms in total. The zero-order valence-corrected chi connectivity index (χ0v) is 17.4. The van der Waals surface area contributed by atoms with Crippen molar-refractivity contribution >= 4 is 11.9 Å². The molecule has 1 aliphatic heterocycles. The minimum Gasteiger partial charge on any atom is -0.459 e. The Hall–Kier alpha value is -1.42. The number of carbonyl (C=O) groups excluding carboxylic acids is 2. The van der Waals surface area contributed by atoms with Gasteiger partial charge in [-0.1, -0.05) is 0 Å². The molecule has 3 fully saturated rings. The molecule has 1 heterocycles. The molecule has 0 aromatic carbocycles. The van der Waals surface area contributed by atoms with Gasteiger partial charge >= 0.3 is 11.9 Å². The number of rotatable bonds is 6. The van der Waals surface area contributed by atoms with Gasteiger partial charge in [0.15, 0.2) is 11.2 Å². The Morgan fingerprint density at radius 2 is 1.75 bits per heavy atom. The second-order valence-corrected chi connectivity index (χ2v) is 9.35. The molecule has 2 aliphatic carbocycles. The number of hydrogen-bond donors (Lipinski definition) is 9. The van der Waals surface area contributed by atoms with Crippen LogP contribution in [0.15, 0.2) is 0 Å². The van der Waals surface area contributed by atoms with E-state index in [2.05, 4.69) is 0 Å². The maximum atomic E-state index is 12.5. The van der Waals surface area contributed by atoms with Gasteiger partial charge in [0.2, 0.25) is 0 Å². The normalized spacial score (nSPS) is 47.8. The number of carbonyl (C=O) groups is 2. The van der Waals surface area contributed by atoms with E-state index < -0.39 is 103 Å². The molecule has 9 N–H and O–H groups in total. The predicted octanol–water partition coefficient (Wildman–Crippen LogP) is -5.25. The van der Waals surface area contributed by atoms with Gasteiger partial charge < -0.3 is 55.4 Å². The summed E-state index contributed by atoms with van der Waals surface area (Å²) in [6.07, 6.45) is -5.82. The number of fused-ring (bicyclic) bond motifs is 3. The van der Waals surface area contributed by atoms with Crippen LogP contribution in [0.4, 0.5) is 0 Å². The number of aliphatic hydroxyl groups excluding tert-OH is 5. The van der Waals surface area contributed by atoms with Crippen molar-refractivity contribution in [3.8, 4) is 0 Å². The second-order valence-electron chi connectivity index (χ2n) is 9.35. The molecule has 0 bridgehead atoms. The van der Waals surface area contributed by atoms with Crippen molar-refractivity contribution in [3.05, 3.63) is 0 Å². The van der Waals surface area contributed by atoms with E-state index in [1.54, 1.807) is 0 Å². The standard InChI is InChI=1S/C19H30O13/c1-16(27,4-20)14(25)31-9-3-17(28,5-21)8-2-10(24)18(29,6-22)11(8)13-12(9)19(30,7-23)15(26)32-13/h8-13,20-24,27-30H,2-7H2,1H3/t8-,9+,10+,11+,12-,13-,16?,17?,18?,19?/m1/s1. The van der Waals surface area contributed by atoms with Gasteiger partial charge in [0.05, 0.1) is 44.1 Å². The van der Waals surface area contributed by atoms with Crippen molar-refractivity contribution in [2.75, 3.05) is 26.4 Å². The Kier molecular flexibility index (Phi) is 6.39. The summed E-state index contributed by atoms with van der Waals surface area (Å²) in [6.45, 7) is -3.30. The predicted molar refractivity (Wildman–Crippen MR) is 99.3 cm³/mol. The van der Waals surface area contributed by atoms with Gasteiger partial charge in [-0.3, -0.25) is 0 Å². The zero-order chi connectivity index (χ0) is 24.3. The summed E-state index contributed by atoms with van der Waals surface area (Å²) < 4.78 is 10.5. The maximum Gasteiger partial charge on any atom is 0.341 e. The van der Waals surface area contributed by atoms with Crippen molar-refractivity contribution in [1.29, 1.82) is 0 Å². The van der Waals surface area contributed by atoms with Crippen molar-refractivity contribution in [3.63, 3.8) is 0 Å². The number of ether oxygens (including phenoxy) is 2. The first kappa shape index (κ1) is 25.2. The first-order valence-electron chi connectivity index (χ1n) is 10.2. The first-order valence-corrected chi connectivity index (χ1v) is 10.2. The highest BCUT2D eigenvalue weighted by Gasteiger charge is 2.73. The topological polar surface area (TPSA) is 235 Å². The van der Waals surface area contributed by atoms with Crippen molar-refractivity contribution in [1.82, 2.24) is 0 Å². The fourth-order valence-corrected chi connectivity index (χ4v) is 5.38. The Bertz CT molecular complexity index is 758. The lowest BCUT2D eigenvalue weighted by Gasteiger charge is -2.39. The SMILES string of the molecule is CC(O)(CO)C(=O)O[C@H]1CC(O)(CO)[C@@H]2C[C@H](O)C(O)(CO)[C@@H]2[C@H]2OC(=O)C(O)(CO)[C@@H]21. The third-order valence-electron chi connectivity index (χ3n) is 7.34. The molecule has 0 spiro atoms. The fourth-order valence-electron chi connectivity index (χ4n) is 5.38. The van der Waals surface area contributed by atoms with E-state index in [9.17, 15) is 55.5 Å². The Labute approximate surface area is 182 Å². The summed E-state index contributed by atoms with van der Waals surface area (Å²) in [4.78, 5) is 25.0. The number of hydrogen-bond acceptors (Lipinski definition) is 13. The van der Waals surface area contributed by atoms with E-state index in [0.29, 0.717) is 0 Å². The summed E-state index contributed by atoms with van der Waals surface area (Å²) >= 11 is 0. The van der Waals surface area contributed by atoms with Crippen molar-refractivity contribution in [2.45, 2.75) is 60.5 Å². The van der Waals surface area contributed by atoms with Crippen molar-refractivity contribution < 1.29 is 65.0 Å². The van der Waals surface area contributed by atoms with Gasteiger partial charge in [0.25, 0.3) is 0 Å². The monoisotopic (exact) mass is 466 g/mol. The molecule has 3 aliphatic rings. The lowest BCUT2D eigenvalue weighted by Crippen LogP contribution is -2.57. The van der Waals surface area contributed by atoms with Crippen LogP contribution in [0.5, 0.6) is 0 Å². The highest BCUT2D eigenvalue weighted by atomic mass is 16.6. The molecule has 0 aromatic heterocycles. The van der Waals surface area contributed by atoms with E-state index in [0.717, 1.165) is 6.92 Å². The van der Waals surface area contributed by atoms with E-state index >= 15 is 0 Å². The molecule has 1 saturated heterocycles. The smallest absolute Gasteiger partial charge is 0.341 e. The third kappa shape index (κ3) is 3.43. The molecule has 13 heteroatoms. The van der Waals surface area contributed by atoms with Crippen LogP contribution in [-0.4, -0.2) is 125 Å². The molecule has 0 amide bonds. The molecule has 3 rings (SSSR count). The van der Waals surface area contributed by atoms with Gasteiger partial charge in [0, 0.05) is 18.3 Å². The molecule has 4 unspecified atom stereocenters. The highest BCUT2D eigenvalue weighted by molar-refractivity contribution is 5.83. The van der Waals surface area contributed by atoms with Gasteiger partial charge in [0.1, 0.15) is 17.8 Å². The zero-order valence-electron chi connectivity index (χ0n) is 17.4. The van der Waals surface area contributed by atoms with Crippen LogP contribution in [0, 0.1) is 17.8 Å². The Balaban J connectivity index is 2.16. The molecular formula is C19H30O13. The van der Waals surface area contributed by atoms with Gasteiger partial charge in [-0.05, 0) is 13.3 Å². The fraction of sp³-hybridized carbons (Fsp3) is 0.895. The largest absolute Gasteiger partial charge is 0.459 e. The van der Waals surface area contributed by atoms with Crippen LogP contribution in [-0.2, 0) is 19.1 Å². The van der Waals surface area contributed by atoms with Crippen LogP contribution in [0.25, 0.3) is 0 Å². The van der Waals surface area contributed by atoms with Crippen LogP contribution in [0.1, 0.15) is 19.8 Å². The lowest BCUT2D eigenvalue weighted by atomic mass is 9.72. The molecular weight excluding hydrogens is 436 g/mol. The number of esters is 2. The molecule has 10 atom stereocenters. The molecule has 0 radical (unpaired) electrons. The molecule has 32 heavy (non-hydrogen) atoms. The van der Waals surface area contributed by atoms with Crippen molar-refractivity contribution in [2.24, 2.45) is 17.8 Å². The van der Waals surface area contributed by atoms with E-state index in [4.69, 9.17) is 9.47 Å². The second kappa shape index (κ2) is 8.11. The average molecular weight is 466 g/mol. The summed E-state index contributed by atoms with van der Waals surface area (Å²) in [5, 5.41) is 92.5. The first-order chi connectivity index (χ1) is 14.8. The number of aliphatic hydroxyl groups is 9. The Morgan fingerprint density at radius 1 is 1.12 bits per heavy atom. The van der Waals surface area contributed by atoms with Crippen LogP contribution >= 0.6 is 0 Å². The van der Waals surface area contributed by atoms with Gasteiger partial charge in [-0.15, -0.1) is 0 Å². The average Bonchev–Trinajstić information content (AvgIpc) is 3.14. The molecule has 0 aromatic rings. The van der Waals surface area contributed by atoms with Gasteiger partial charge in [-0.25, -0.2) is 9.59 Å². The minimum atomic E-state index is -2.67. The molecule has 2 saturated carbocycles. The van der Waals surface area contributed by atoms with Crippen LogP contribution in [0.2, 0.25) is 0 Å². The van der Waals surface area contributed by atoms with E-state index in [1.165, 1.54) is 0 Å². The summed E-state index contributed by atoms with van der Waals surface area (Å²) in [5.41, 5.74) is -9.55. The highest BCUT2D eigenvalue weighted by Crippen LogP contribution is 2.57. The van der Waals surface area contributed by atoms with E-state index in [-0.39, 0.29) is 6.42 Å². The Morgan fingerprint density at radius 3 is 2.25 bits per heavy atom. The summed E-state index contributed by atoms with van der Waals surface area (Å²) in [5.74, 6) is -6.96. The third-order valence-corrected chi connectivity index (χ3v) is 7.34. The van der Waals surface area contributed by atoms with Gasteiger partial charge in [-0.2, -0.15) is 0 Å². The van der Waals surface area contributed by atoms with Crippen LogP contribution < -0.4 is 0 Å². The summed E-state index contributed by atoms with van der Waals surface area (Å²) in [7, 11) is 0.